The van der Waals surface area contributed by atoms with Gasteiger partial charge in [0.25, 0.3) is 5.91 Å². The Balaban J connectivity index is 1.42. The molecule has 3 aromatic rings. The zero-order valence-electron chi connectivity index (χ0n) is 15.2. The first kappa shape index (κ1) is 17.8. The van der Waals surface area contributed by atoms with E-state index >= 15 is 0 Å². The molecule has 0 bridgehead atoms. The normalized spacial score (nSPS) is 12.5. The van der Waals surface area contributed by atoms with E-state index in [4.69, 9.17) is 14.2 Å². The first-order valence-electron chi connectivity index (χ1n) is 8.83. The van der Waals surface area contributed by atoms with E-state index in [0.717, 1.165) is 0 Å². The molecule has 7 nitrogen and oxygen atoms in total. The highest BCUT2D eigenvalue weighted by molar-refractivity contribution is 6.04. The van der Waals surface area contributed by atoms with E-state index in [1.807, 2.05) is 18.2 Å². The van der Waals surface area contributed by atoms with Gasteiger partial charge >= 0.3 is 5.97 Å². The molecule has 1 N–H and O–H groups in total. The van der Waals surface area contributed by atoms with Gasteiger partial charge in [-0.1, -0.05) is 18.2 Å². The smallest absolute Gasteiger partial charge is 0.339 e. The summed E-state index contributed by atoms with van der Waals surface area (Å²) in [5, 5.41) is 3.37. The average molecular weight is 378 g/mol. The van der Waals surface area contributed by atoms with Gasteiger partial charge in [0.15, 0.2) is 18.1 Å². The van der Waals surface area contributed by atoms with Crippen LogP contribution in [0.15, 0.2) is 48.5 Å². The maximum atomic E-state index is 12.5. The molecule has 1 amide bonds. The maximum absolute atomic E-state index is 12.5. The number of fused-ring (bicyclic) bond motifs is 2. The van der Waals surface area contributed by atoms with Gasteiger partial charge in [-0.05, 0) is 31.2 Å². The topological polar surface area (TPSA) is 86.8 Å². The van der Waals surface area contributed by atoms with Crippen molar-refractivity contribution >= 4 is 28.5 Å². The van der Waals surface area contributed by atoms with Gasteiger partial charge in [-0.3, -0.25) is 9.78 Å². The zero-order chi connectivity index (χ0) is 19.5. The molecule has 0 saturated heterocycles. The van der Waals surface area contributed by atoms with E-state index in [0.29, 0.717) is 52.6 Å². The summed E-state index contributed by atoms with van der Waals surface area (Å²) in [6.45, 7) is 2.36. The van der Waals surface area contributed by atoms with Crippen LogP contribution in [0.25, 0.3) is 10.9 Å². The summed E-state index contributed by atoms with van der Waals surface area (Å²) >= 11 is 0. The summed E-state index contributed by atoms with van der Waals surface area (Å²) in [6.07, 6.45) is 0. The van der Waals surface area contributed by atoms with Crippen LogP contribution in [0.1, 0.15) is 16.1 Å². The number of ether oxygens (including phenoxy) is 3. The van der Waals surface area contributed by atoms with Crippen LogP contribution in [0, 0.1) is 6.92 Å². The van der Waals surface area contributed by atoms with E-state index < -0.39 is 18.5 Å². The number of carbonyl (C=O) groups excluding carboxylic acids is 2. The number of esters is 1. The third-order valence-corrected chi connectivity index (χ3v) is 4.22. The molecular formula is C21H18N2O5. The fraction of sp³-hybridized carbons (Fsp3) is 0.190. The lowest BCUT2D eigenvalue weighted by Crippen LogP contribution is -2.21. The first-order valence-corrected chi connectivity index (χ1v) is 8.83. The SMILES string of the molecule is Cc1cc(C(=O)OCC(=O)Nc2ccc3c(c2)OCCO3)c2ccccc2n1. The van der Waals surface area contributed by atoms with Crippen LogP contribution in [0.3, 0.4) is 0 Å². The number of nitrogens with one attached hydrogen (secondary N) is 1. The van der Waals surface area contributed by atoms with Gasteiger partial charge in [-0.2, -0.15) is 0 Å². The number of rotatable bonds is 4. The van der Waals surface area contributed by atoms with E-state index in [9.17, 15) is 9.59 Å². The minimum absolute atomic E-state index is 0.384. The Kier molecular flexibility index (Phi) is 4.80. The Morgan fingerprint density at radius 3 is 2.71 bits per heavy atom. The van der Waals surface area contributed by atoms with Crippen LogP contribution in [-0.4, -0.2) is 36.7 Å². The fourth-order valence-electron chi connectivity index (χ4n) is 3.00. The third kappa shape index (κ3) is 3.73. The van der Waals surface area contributed by atoms with Crippen LogP contribution < -0.4 is 14.8 Å². The number of hydrogen-bond acceptors (Lipinski definition) is 6. The highest BCUT2D eigenvalue weighted by Gasteiger charge is 2.16. The van der Waals surface area contributed by atoms with Gasteiger partial charge < -0.3 is 19.5 Å². The van der Waals surface area contributed by atoms with Gasteiger partial charge in [-0.25, -0.2) is 4.79 Å². The van der Waals surface area contributed by atoms with Crippen LogP contribution in [0.5, 0.6) is 11.5 Å². The van der Waals surface area contributed by atoms with Crippen molar-refractivity contribution in [1.82, 2.24) is 4.98 Å². The molecule has 1 aromatic heterocycles. The van der Waals surface area contributed by atoms with Gasteiger partial charge in [0.1, 0.15) is 13.2 Å². The second-order valence-corrected chi connectivity index (χ2v) is 6.31. The Bertz CT molecular complexity index is 1060. The monoisotopic (exact) mass is 378 g/mol. The van der Waals surface area contributed by atoms with Crippen molar-refractivity contribution in [2.75, 3.05) is 25.1 Å². The van der Waals surface area contributed by atoms with Crippen molar-refractivity contribution < 1.29 is 23.8 Å². The van der Waals surface area contributed by atoms with Crippen LogP contribution in [0.4, 0.5) is 5.69 Å². The minimum atomic E-state index is -0.570. The second kappa shape index (κ2) is 7.56. The molecule has 2 aromatic carbocycles. The highest BCUT2D eigenvalue weighted by atomic mass is 16.6. The minimum Gasteiger partial charge on any atom is -0.486 e. The zero-order valence-corrected chi connectivity index (χ0v) is 15.2. The lowest BCUT2D eigenvalue weighted by molar-refractivity contribution is -0.119. The van der Waals surface area contributed by atoms with Crippen molar-refractivity contribution in [3.63, 3.8) is 0 Å². The summed E-state index contributed by atoms with van der Waals surface area (Å²) in [7, 11) is 0. The average Bonchev–Trinajstić information content (AvgIpc) is 2.71. The fourth-order valence-corrected chi connectivity index (χ4v) is 3.00. The number of aromatic nitrogens is 1. The molecule has 0 fully saturated rings. The third-order valence-electron chi connectivity index (χ3n) is 4.22. The van der Waals surface area contributed by atoms with Gasteiger partial charge in [0, 0.05) is 22.8 Å². The molecule has 142 valence electrons. The molecule has 0 saturated carbocycles. The Hall–Kier alpha value is -3.61. The molecule has 0 radical (unpaired) electrons. The molecule has 1 aliphatic rings. The van der Waals surface area contributed by atoms with Crippen molar-refractivity contribution in [3.05, 3.63) is 59.8 Å². The van der Waals surface area contributed by atoms with Crippen molar-refractivity contribution in [2.24, 2.45) is 0 Å². The Morgan fingerprint density at radius 2 is 1.86 bits per heavy atom. The Labute approximate surface area is 161 Å². The quantitative estimate of drug-likeness (QED) is 0.702. The van der Waals surface area contributed by atoms with E-state index in [1.54, 1.807) is 37.3 Å². The van der Waals surface area contributed by atoms with Crippen LogP contribution >= 0.6 is 0 Å². The molecule has 1 aliphatic heterocycles. The largest absolute Gasteiger partial charge is 0.486 e. The standard InChI is InChI=1S/C21H18N2O5/c1-13-10-16(15-4-2-3-5-17(15)22-13)21(25)28-12-20(24)23-14-6-7-18-19(11-14)27-9-8-26-18/h2-7,10-11H,8-9,12H2,1H3,(H,23,24). The molecule has 7 heteroatoms. The number of nitrogens with zero attached hydrogens (tertiary/aromatic N) is 1. The van der Waals surface area contributed by atoms with E-state index in [-0.39, 0.29) is 0 Å². The molecule has 0 unspecified atom stereocenters. The predicted molar refractivity (Wildman–Crippen MR) is 103 cm³/mol. The second-order valence-electron chi connectivity index (χ2n) is 6.31. The molecule has 0 aliphatic carbocycles. The number of hydrogen-bond donors (Lipinski definition) is 1. The summed E-state index contributed by atoms with van der Waals surface area (Å²) in [4.78, 5) is 29.1. The number of carbonyl (C=O) groups is 2. The molecular weight excluding hydrogens is 360 g/mol. The summed E-state index contributed by atoms with van der Waals surface area (Å²) in [6, 6.07) is 14.1. The number of anilines is 1. The number of aryl methyl sites for hydroxylation is 1. The summed E-state index contributed by atoms with van der Waals surface area (Å²) < 4.78 is 16.1. The summed E-state index contributed by atoms with van der Waals surface area (Å²) in [5.74, 6) is 0.189. The van der Waals surface area contributed by atoms with Crippen LogP contribution in [-0.2, 0) is 9.53 Å². The van der Waals surface area contributed by atoms with Gasteiger partial charge in [0.05, 0.1) is 11.1 Å². The van der Waals surface area contributed by atoms with Crippen molar-refractivity contribution in [2.45, 2.75) is 6.92 Å². The Morgan fingerprint density at radius 1 is 1.07 bits per heavy atom. The van der Waals surface area contributed by atoms with Gasteiger partial charge in [-0.15, -0.1) is 0 Å². The van der Waals surface area contributed by atoms with E-state index in [2.05, 4.69) is 10.3 Å². The number of pyridine rings is 1. The molecule has 0 spiro atoms. The van der Waals surface area contributed by atoms with E-state index in [1.165, 1.54) is 0 Å². The molecule has 0 atom stereocenters. The number of amides is 1. The summed E-state index contributed by atoms with van der Waals surface area (Å²) in [5.41, 5.74) is 2.33. The van der Waals surface area contributed by atoms with Crippen molar-refractivity contribution in [3.8, 4) is 11.5 Å². The molecule has 2 heterocycles. The number of para-hydroxylation sites is 1. The lowest BCUT2D eigenvalue weighted by atomic mass is 10.1. The maximum Gasteiger partial charge on any atom is 0.339 e. The highest BCUT2D eigenvalue weighted by Crippen LogP contribution is 2.32. The number of benzene rings is 2. The van der Waals surface area contributed by atoms with Gasteiger partial charge in [0.2, 0.25) is 0 Å². The molecule has 4 rings (SSSR count). The predicted octanol–water partition coefficient (Wildman–Crippen LogP) is 3.11. The van der Waals surface area contributed by atoms with Crippen molar-refractivity contribution in [1.29, 1.82) is 0 Å². The lowest BCUT2D eigenvalue weighted by Gasteiger charge is -2.19. The molecule has 28 heavy (non-hydrogen) atoms. The first-order chi connectivity index (χ1) is 13.6. The van der Waals surface area contributed by atoms with Crippen LogP contribution in [0.2, 0.25) is 0 Å².